The fourth-order valence-electron chi connectivity index (χ4n) is 2.17. The smallest absolute Gasteiger partial charge is 0.332 e. The number of allylic oxidation sites excluding steroid dienone is 1. The van der Waals surface area contributed by atoms with Gasteiger partial charge < -0.3 is 14.4 Å². The Kier molecular flexibility index (Phi) is 8.39. The quantitative estimate of drug-likeness (QED) is 0.219. The van der Waals surface area contributed by atoms with Gasteiger partial charge in [-0.2, -0.15) is 0 Å². The molecule has 1 saturated heterocycles. The zero-order valence-electron chi connectivity index (χ0n) is 12.7. The average Bonchev–Trinajstić information content (AvgIpc) is 2.45. The third-order valence-electron chi connectivity index (χ3n) is 3.28. The van der Waals surface area contributed by atoms with Crippen molar-refractivity contribution >= 4 is 40.8 Å². The first-order chi connectivity index (χ1) is 10.7. The highest BCUT2D eigenvalue weighted by Gasteiger charge is 2.38. The summed E-state index contributed by atoms with van der Waals surface area (Å²) in [6, 6.07) is 0. The molecule has 1 atom stereocenters. The van der Waals surface area contributed by atoms with Crippen molar-refractivity contribution in [3.63, 3.8) is 0 Å². The molecule has 0 radical (unpaired) electrons. The van der Waals surface area contributed by atoms with E-state index in [0.717, 1.165) is 0 Å². The van der Waals surface area contributed by atoms with Crippen molar-refractivity contribution in [1.82, 2.24) is 4.90 Å². The van der Waals surface area contributed by atoms with Crippen LogP contribution in [0, 0.1) is 16.0 Å². The van der Waals surface area contributed by atoms with Gasteiger partial charge in [0.1, 0.15) is 0 Å². The molecule has 0 aromatic heterocycles. The number of hydrogen-bond acceptors (Lipinski definition) is 6. The Morgan fingerprint density at radius 1 is 1.43 bits per heavy atom. The van der Waals surface area contributed by atoms with Crippen LogP contribution in [0.15, 0.2) is 11.8 Å². The molecule has 0 aromatic rings. The lowest BCUT2D eigenvalue weighted by Gasteiger charge is -2.33. The summed E-state index contributed by atoms with van der Waals surface area (Å²) in [5.41, 5.74) is 0.546. The molecular weight excluding hydrogens is 371 g/mol. The SMILES string of the molecule is CCOC(=O)/C=C(\C[C@@H](C[N+](=O)[O-])C(Cl)(Cl)Cl)N1CCOCC1. The predicted octanol–water partition coefficient (Wildman–Crippen LogP) is 2.42. The van der Waals surface area contributed by atoms with Gasteiger partial charge in [-0.3, -0.25) is 10.1 Å². The number of halogens is 3. The molecular formula is C13H19Cl3N2O5. The van der Waals surface area contributed by atoms with Gasteiger partial charge in [0.15, 0.2) is 3.79 Å². The number of hydrogen-bond donors (Lipinski definition) is 0. The first kappa shape index (κ1) is 20.3. The highest BCUT2D eigenvalue weighted by Crippen LogP contribution is 2.39. The minimum absolute atomic E-state index is 0.0797. The van der Waals surface area contributed by atoms with Crippen molar-refractivity contribution in [3.8, 4) is 0 Å². The number of ether oxygens (including phenoxy) is 2. The number of rotatable bonds is 7. The second-order valence-corrected chi connectivity index (χ2v) is 7.31. The van der Waals surface area contributed by atoms with Gasteiger partial charge in [0.25, 0.3) is 0 Å². The average molecular weight is 390 g/mol. The van der Waals surface area contributed by atoms with Gasteiger partial charge in [0.05, 0.1) is 25.7 Å². The van der Waals surface area contributed by atoms with Gasteiger partial charge >= 0.3 is 5.97 Å². The Labute approximate surface area is 149 Å². The lowest BCUT2D eigenvalue weighted by atomic mass is 10.0. The maximum absolute atomic E-state index is 11.8. The minimum Gasteiger partial charge on any atom is -0.463 e. The number of carbonyl (C=O) groups excluding carboxylic acids is 1. The van der Waals surface area contributed by atoms with Crippen molar-refractivity contribution < 1.29 is 19.2 Å². The molecule has 1 heterocycles. The van der Waals surface area contributed by atoms with Gasteiger partial charge in [-0.25, -0.2) is 4.79 Å². The van der Waals surface area contributed by atoms with Crippen LogP contribution in [0.1, 0.15) is 13.3 Å². The molecule has 1 fully saturated rings. The summed E-state index contributed by atoms with van der Waals surface area (Å²) < 4.78 is 8.36. The monoisotopic (exact) mass is 388 g/mol. The van der Waals surface area contributed by atoms with E-state index in [1.54, 1.807) is 6.92 Å². The molecule has 0 spiro atoms. The number of carbonyl (C=O) groups is 1. The second kappa shape index (κ2) is 9.52. The van der Waals surface area contributed by atoms with Crippen LogP contribution in [0.25, 0.3) is 0 Å². The lowest BCUT2D eigenvalue weighted by molar-refractivity contribution is -0.488. The fraction of sp³-hybridized carbons (Fsp3) is 0.769. The summed E-state index contributed by atoms with van der Waals surface area (Å²) >= 11 is 17.6. The lowest BCUT2D eigenvalue weighted by Crippen LogP contribution is -2.38. The van der Waals surface area contributed by atoms with E-state index in [1.807, 2.05) is 4.90 Å². The van der Waals surface area contributed by atoms with Crippen LogP contribution in [0.2, 0.25) is 0 Å². The Morgan fingerprint density at radius 3 is 2.52 bits per heavy atom. The molecule has 0 aromatic carbocycles. The number of esters is 1. The van der Waals surface area contributed by atoms with Crippen LogP contribution in [-0.2, 0) is 14.3 Å². The van der Waals surface area contributed by atoms with Gasteiger partial charge in [-0.05, 0) is 6.92 Å². The van der Waals surface area contributed by atoms with Gasteiger partial charge in [0, 0.05) is 36.2 Å². The normalized spacial score (nSPS) is 17.7. The topological polar surface area (TPSA) is 81.9 Å². The molecule has 1 aliphatic heterocycles. The standard InChI is InChI=1S/C13H19Cl3N2O5/c1-2-23-12(19)8-11(17-3-5-22-6-4-17)7-10(9-18(20)21)13(14,15)16/h8,10H,2-7,9H2,1H3/b11-8+/t10-/m0/s1. The van der Waals surface area contributed by atoms with Crippen molar-refractivity contribution in [2.24, 2.45) is 5.92 Å². The number of nitrogens with zero attached hydrogens (tertiary/aromatic N) is 2. The van der Waals surface area contributed by atoms with Crippen LogP contribution in [0.5, 0.6) is 0 Å². The first-order valence-electron chi connectivity index (χ1n) is 7.12. The molecule has 132 valence electrons. The molecule has 0 saturated carbocycles. The fourth-order valence-corrected chi connectivity index (χ4v) is 2.60. The summed E-state index contributed by atoms with van der Waals surface area (Å²) in [5.74, 6) is -1.40. The molecule has 0 unspecified atom stereocenters. The van der Waals surface area contributed by atoms with E-state index in [-0.39, 0.29) is 13.0 Å². The predicted molar refractivity (Wildman–Crippen MR) is 87.4 cm³/mol. The Balaban J connectivity index is 2.96. The highest BCUT2D eigenvalue weighted by atomic mass is 35.6. The molecule has 0 bridgehead atoms. The third-order valence-corrected chi connectivity index (χ3v) is 4.20. The van der Waals surface area contributed by atoms with Crippen LogP contribution in [0.4, 0.5) is 0 Å². The number of alkyl halides is 3. The van der Waals surface area contributed by atoms with Crippen LogP contribution >= 0.6 is 34.8 Å². The van der Waals surface area contributed by atoms with E-state index in [9.17, 15) is 14.9 Å². The molecule has 23 heavy (non-hydrogen) atoms. The summed E-state index contributed by atoms with van der Waals surface area (Å²) in [6.07, 6.45) is 1.38. The number of nitro groups is 1. The zero-order chi connectivity index (χ0) is 17.5. The van der Waals surface area contributed by atoms with Crippen molar-refractivity contribution in [3.05, 3.63) is 21.9 Å². The van der Waals surface area contributed by atoms with Gasteiger partial charge in [-0.15, -0.1) is 0 Å². The molecule has 0 amide bonds. The number of morpholine rings is 1. The molecule has 10 heteroatoms. The zero-order valence-corrected chi connectivity index (χ0v) is 14.9. The maximum Gasteiger partial charge on any atom is 0.332 e. The van der Waals surface area contributed by atoms with Gasteiger partial charge in [-0.1, -0.05) is 34.8 Å². The van der Waals surface area contributed by atoms with Crippen molar-refractivity contribution in [2.45, 2.75) is 17.1 Å². The second-order valence-electron chi connectivity index (χ2n) is 4.95. The molecule has 1 aliphatic rings. The van der Waals surface area contributed by atoms with Crippen LogP contribution < -0.4 is 0 Å². The third kappa shape index (κ3) is 7.56. The maximum atomic E-state index is 11.8. The minimum atomic E-state index is -1.81. The summed E-state index contributed by atoms with van der Waals surface area (Å²) in [7, 11) is 0. The van der Waals surface area contributed by atoms with Crippen molar-refractivity contribution in [1.29, 1.82) is 0 Å². The Morgan fingerprint density at radius 2 is 2.04 bits per heavy atom. The Bertz CT molecular complexity index is 447. The van der Waals surface area contributed by atoms with Crippen LogP contribution in [0.3, 0.4) is 0 Å². The van der Waals surface area contributed by atoms with Gasteiger partial charge in [0.2, 0.25) is 6.54 Å². The van der Waals surface area contributed by atoms with E-state index in [0.29, 0.717) is 32.0 Å². The van der Waals surface area contributed by atoms with E-state index in [2.05, 4.69) is 0 Å². The van der Waals surface area contributed by atoms with E-state index >= 15 is 0 Å². The highest BCUT2D eigenvalue weighted by molar-refractivity contribution is 6.67. The summed E-state index contributed by atoms with van der Waals surface area (Å²) in [4.78, 5) is 23.9. The largest absolute Gasteiger partial charge is 0.463 e. The molecule has 0 N–H and O–H groups in total. The van der Waals surface area contributed by atoms with Crippen LogP contribution in [-0.4, -0.2) is 59.0 Å². The molecule has 1 rings (SSSR count). The molecule has 7 nitrogen and oxygen atoms in total. The van der Waals surface area contributed by atoms with E-state index in [4.69, 9.17) is 44.3 Å². The van der Waals surface area contributed by atoms with E-state index < -0.39 is 27.1 Å². The molecule has 0 aliphatic carbocycles. The first-order valence-corrected chi connectivity index (χ1v) is 8.26. The summed E-state index contributed by atoms with van der Waals surface area (Å²) in [6.45, 7) is 3.50. The van der Waals surface area contributed by atoms with E-state index in [1.165, 1.54) is 6.08 Å². The Hall–Kier alpha value is -0.760. The van der Waals surface area contributed by atoms with Crippen molar-refractivity contribution in [2.75, 3.05) is 39.5 Å². The summed E-state index contributed by atoms with van der Waals surface area (Å²) in [5, 5.41) is 10.8.